The highest BCUT2D eigenvalue weighted by Gasteiger charge is 2.43. The first kappa shape index (κ1) is 19.3. The number of para-hydroxylation sites is 1. The van der Waals surface area contributed by atoms with Crippen molar-refractivity contribution in [3.8, 4) is 11.5 Å². The van der Waals surface area contributed by atoms with Crippen molar-refractivity contribution in [3.63, 3.8) is 0 Å². The third-order valence-electron chi connectivity index (χ3n) is 6.03. The van der Waals surface area contributed by atoms with Crippen molar-refractivity contribution < 1.29 is 22.7 Å². The summed E-state index contributed by atoms with van der Waals surface area (Å²) in [5.41, 5.74) is 2.73. The molecule has 1 fully saturated rings. The van der Waals surface area contributed by atoms with E-state index in [2.05, 4.69) is 4.72 Å². The summed E-state index contributed by atoms with van der Waals surface area (Å²) in [5, 5.41) is 0. The van der Waals surface area contributed by atoms with E-state index in [0.29, 0.717) is 24.5 Å². The molecule has 2 atom stereocenters. The Balaban J connectivity index is 1.46. The van der Waals surface area contributed by atoms with Gasteiger partial charge in [-0.1, -0.05) is 24.3 Å². The number of fused-ring (bicyclic) bond motifs is 2. The Morgan fingerprint density at radius 1 is 1.13 bits per heavy atom. The van der Waals surface area contributed by atoms with Crippen LogP contribution in [-0.4, -0.2) is 45.1 Å². The molecular formula is C21H23N3O5S. The van der Waals surface area contributed by atoms with Crippen molar-refractivity contribution in [1.82, 2.24) is 9.03 Å². The molecule has 30 heavy (non-hydrogen) atoms. The number of carbonyl (C=O) groups is 1. The molecule has 8 nitrogen and oxygen atoms in total. The first-order chi connectivity index (χ1) is 14.4. The fourth-order valence-electron chi connectivity index (χ4n) is 4.38. The highest BCUT2D eigenvalue weighted by molar-refractivity contribution is 7.87. The Hall–Kier alpha value is -2.62. The van der Waals surface area contributed by atoms with Gasteiger partial charge in [-0.25, -0.2) is 0 Å². The Labute approximate surface area is 175 Å². The summed E-state index contributed by atoms with van der Waals surface area (Å²) < 4.78 is 40.3. The number of amides is 1. The van der Waals surface area contributed by atoms with Crippen LogP contribution >= 0.6 is 0 Å². The van der Waals surface area contributed by atoms with E-state index in [9.17, 15) is 13.2 Å². The minimum Gasteiger partial charge on any atom is -0.454 e. The van der Waals surface area contributed by atoms with Crippen LogP contribution in [0.4, 0.5) is 5.69 Å². The number of aryl methyl sites for hydroxylation is 1. The van der Waals surface area contributed by atoms with Crippen molar-refractivity contribution in [2.45, 2.75) is 31.3 Å². The molecule has 0 aliphatic carbocycles. The van der Waals surface area contributed by atoms with Crippen LogP contribution < -0.4 is 19.1 Å². The van der Waals surface area contributed by atoms with Gasteiger partial charge in [0.1, 0.15) is 6.04 Å². The Morgan fingerprint density at radius 2 is 1.93 bits per heavy atom. The molecule has 2 unspecified atom stereocenters. The molecule has 0 spiro atoms. The molecule has 3 heterocycles. The molecule has 0 aromatic heterocycles. The minimum absolute atomic E-state index is 0.146. The van der Waals surface area contributed by atoms with Gasteiger partial charge in [0, 0.05) is 19.3 Å². The van der Waals surface area contributed by atoms with Gasteiger partial charge < -0.3 is 14.4 Å². The average molecular weight is 429 g/mol. The van der Waals surface area contributed by atoms with Crippen molar-refractivity contribution in [1.29, 1.82) is 0 Å². The van der Waals surface area contributed by atoms with Crippen molar-refractivity contribution in [2.24, 2.45) is 0 Å². The second-order valence-corrected chi connectivity index (χ2v) is 9.54. The molecule has 1 saturated heterocycles. The molecule has 9 heteroatoms. The third kappa shape index (κ3) is 3.23. The first-order valence-corrected chi connectivity index (χ1v) is 11.4. The molecule has 2 aromatic rings. The number of likely N-dealkylation sites (N-methyl/N-ethyl adjacent to an activating group) is 1. The van der Waals surface area contributed by atoms with Crippen molar-refractivity contribution >= 4 is 21.8 Å². The number of hydrogen-bond acceptors (Lipinski definition) is 5. The minimum atomic E-state index is -3.82. The fraction of sp³-hybridized carbons (Fsp3) is 0.381. The molecule has 3 aliphatic heterocycles. The maximum absolute atomic E-state index is 13.5. The quantitative estimate of drug-likeness (QED) is 0.789. The molecule has 0 bridgehead atoms. The second-order valence-electron chi connectivity index (χ2n) is 7.78. The van der Waals surface area contributed by atoms with Crippen LogP contribution in [0.25, 0.3) is 0 Å². The van der Waals surface area contributed by atoms with Gasteiger partial charge in [-0.15, -0.1) is 0 Å². The van der Waals surface area contributed by atoms with Gasteiger partial charge in [-0.2, -0.15) is 17.4 Å². The maximum Gasteiger partial charge on any atom is 0.280 e. The van der Waals surface area contributed by atoms with Gasteiger partial charge in [0.15, 0.2) is 11.5 Å². The van der Waals surface area contributed by atoms with E-state index in [-0.39, 0.29) is 12.7 Å². The number of hydrogen-bond donors (Lipinski definition) is 1. The highest BCUT2D eigenvalue weighted by Crippen LogP contribution is 2.37. The largest absolute Gasteiger partial charge is 0.454 e. The lowest BCUT2D eigenvalue weighted by Crippen LogP contribution is -2.58. The molecule has 1 N–H and O–H groups in total. The molecule has 1 amide bonds. The van der Waals surface area contributed by atoms with Crippen LogP contribution in [0, 0.1) is 0 Å². The van der Waals surface area contributed by atoms with E-state index in [1.54, 1.807) is 17.0 Å². The van der Waals surface area contributed by atoms with Gasteiger partial charge in [0.2, 0.25) is 12.7 Å². The molecule has 158 valence electrons. The van der Waals surface area contributed by atoms with E-state index >= 15 is 0 Å². The van der Waals surface area contributed by atoms with Crippen LogP contribution in [0.3, 0.4) is 0 Å². The van der Waals surface area contributed by atoms with E-state index in [1.165, 1.54) is 7.05 Å². The summed E-state index contributed by atoms with van der Waals surface area (Å²) in [7, 11) is -2.36. The zero-order chi connectivity index (χ0) is 20.9. The summed E-state index contributed by atoms with van der Waals surface area (Å²) in [4.78, 5) is 15.3. The lowest BCUT2D eigenvalue weighted by Gasteiger charge is -2.40. The van der Waals surface area contributed by atoms with Crippen LogP contribution in [0.1, 0.15) is 30.0 Å². The number of benzene rings is 2. The number of ether oxygens (including phenoxy) is 2. The number of nitrogens with zero attached hydrogens (tertiary/aromatic N) is 2. The SMILES string of the molecule is CN1C(C(=O)N2CCCc3ccccc32)CC(c2ccc3c(c2)OCO3)NS1(=O)=O. The topological polar surface area (TPSA) is 88.2 Å². The molecule has 3 aliphatic rings. The predicted molar refractivity (Wildman–Crippen MR) is 111 cm³/mol. The Bertz CT molecular complexity index is 1100. The zero-order valence-electron chi connectivity index (χ0n) is 16.6. The molecule has 0 radical (unpaired) electrons. The van der Waals surface area contributed by atoms with Gasteiger partial charge >= 0.3 is 0 Å². The summed E-state index contributed by atoms with van der Waals surface area (Å²) in [6, 6.07) is 11.8. The smallest absolute Gasteiger partial charge is 0.280 e. The van der Waals surface area contributed by atoms with Crippen LogP contribution in [0.5, 0.6) is 11.5 Å². The third-order valence-corrected chi connectivity index (χ3v) is 7.62. The monoisotopic (exact) mass is 429 g/mol. The summed E-state index contributed by atoms with van der Waals surface area (Å²) in [5.74, 6) is 1.02. The summed E-state index contributed by atoms with van der Waals surface area (Å²) in [6.07, 6.45) is 2.10. The summed E-state index contributed by atoms with van der Waals surface area (Å²) in [6.45, 7) is 0.732. The van der Waals surface area contributed by atoms with Crippen molar-refractivity contribution in [2.75, 3.05) is 25.3 Å². The summed E-state index contributed by atoms with van der Waals surface area (Å²) >= 11 is 0. The Morgan fingerprint density at radius 3 is 2.80 bits per heavy atom. The lowest BCUT2D eigenvalue weighted by atomic mass is 9.96. The average Bonchev–Trinajstić information content (AvgIpc) is 3.22. The molecular weight excluding hydrogens is 406 g/mol. The number of anilines is 1. The molecule has 2 aromatic carbocycles. The van der Waals surface area contributed by atoms with Crippen molar-refractivity contribution in [3.05, 3.63) is 53.6 Å². The van der Waals surface area contributed by atoms with Gasteiger partial charge in [-0.3, -0.25) is 4.79 Å². The second kappa shape index (κ2) is 7.26. The van der Waals surface area contributed by atoms with Crippen LogP contribution in [0.2, 0.25) is 0 Å². The number of carbonyl (C=O) groups excluding carboxylic acids is 1. The number of nitrogens with one attached hydrogen (secondary N) is 1. The highest BCUT2D eigenvalue weighted by atomic mass is 32.2. The van der Waals surface area contributed by atoms with Gasteiger partial charge in [0.05, 0.1) is 6.04 Å². The van der Waals surface area contributed by atoms with Gasteiger partial charge in [0.25, 0.3) is 10.2 Å². The lowest BCUT2D eigenvalue weighted by molar-refractivity contribution is -0.122. The molecule has 0 saturated carbocycles. The number of rotatable bonds is 2. The van der Waals surface area contributed by atoms with Gasteiger partial charge in [-0.05, 0) is 48.6 Å². The van der Waals surface area contributed by atoms with E-state index in [4.69, 9.17) is 9.47 Å². The predicted octanol–water partition coefficient (Wildman–Crippen LogP) is 1.97. The normalized spacial score (nSPS) is 25.0. The van der Waals surface area contributed by atoms with Crippen LogP contribution in [0.15, 0.2) is 42.5 Å². The Kier molecular flexibility index (Phi) is 4.68. The van der Waals surface area contributed by atoms with E-state index < -0.39 is 22.3 Å². The fourth-order valence-corrected chi connectivity index (χ4v) is 5.65. The standard InChI is InChI=1S/C21H23N3O5S/c1-23-18(21(25)24-10-4-6-14-5-2-3-7-17(14)24)12-16(22-30(23,26)27)15-8-9-19-20(11-15)29-13-28-19/h2-3,5,7-9,11,16,18,22H,4,6,10,12-13H2,1H3. The first-order valence-electron chi connectivity index (χ1n) is 9.98. The van der Waals surface area contributed by atoms with E-state index in [0.717, 1.165) is 34.0 Å². The zero-order valence-corrected chi connectivity index (χ0v) is 17.4. The maximum atomic E-state index is 13.5. The molecule has 5 rings (SSSR count). The van der Waals surface area contributed by atoms with E-state index in [1.807, 2.05) is 30.3 Å². The van der Waals surface area contributed by atoms with Crippen LogP contribution in [-0.2, 0) is 21.4 Å².